The molecule has 4 heterocycles. The molecule has 0 saturated carbocycles. The molecule has 1 aliphatic heterocycles. The second-order valence-corrected chi connectivity index (χ2v) is 6.65. The van der Waals surface area contributed by atoms with Gasteiger partial charge >= 0.3 is 0 Å². The quantitative estimate of drug-likeness (QED) is 0.730. The minimum absolute atomic E-state index is 0.473. The first-order chi connectivity index (χ1) is 11.3. The van der Waals surface area contributed by atoms with Crippen LogP contribution in [0.1, 0.15) is 12.8 Å². The molecule has 7 nitrogen and oxygen atoms in total. The summed E-state index contributed by atoms with van der Waals surface area (Å²) in [5, 5.41) is 2.68. The Morgan fingerprint density at radius 2 is 2.26 bits per heavy atom. The summed E-state index contributed by atoms with van der Waals surface area (Å²) in [6.45, 7) is 2.62. The fraction of sp³-hybridized carbons (Fsp3) is 0.467. The number of nitrogens with zero attached hydrogens (tertiary/aromatic N) is 6. The van der Waals surface area contributed by atoms with Gasteiger partial charge in [0.2, 0.25) is 0 Å². The van der Waals surface area contributed by atoms with Gasteiger partial charge in [0.25, 0.3) is 5.19 Å². The minimum atomic E-state index is 0.473. The van der Waals surface area contributed by atoms with Gasteiger partial charge in [0.05, 0.1) is 12.9 Å². The van der Waals surface area contributed by atoms with Crippen molar-refractivity contribution in [1.82, 2.24) is 24.5 Å². The Bertz CT molecular complexity index is 786. The van der Waals surface area contributed by atoms with E-state index in [4.69, 9.17) is 4.74 Å². The molecular weight excluding hydrogens is 312 g/mol. The van der Waals surface area contributed by atoms with Crippen molar-refractivity contribution in [3.05, 3.63) is 24.2 Å². The molecule has 8 heteroatoms. The molecule has 4 rings (SSSR count). The summed E-state index contributed by atoms with van der Waals surface area (Å²) < 4.78 is 7.71. The topological polar surface area (TPSA) is 69.0 Å². The van der Waals surface area contributed by atoms with E-state index in [1.165, 1.54) is 11.3 Å². The van der Waals surface area contributed by atoms with Gasteiger partial charge in [-0.25, -0.2) is 19.9 Å². The molecule has 0 radical (unpaired) electrons. The van der Waals surface area contributed by atoms with Crippen LogP contribution < -0.4 is 9.64 Å². The second-order valence-electron chi connectivity index (χ2n) is 5.79. The number of thiazole rings is 1. The molecule has 0 aromatic carbocycles. The molecule has 0 spiro atoms. The van der Waals surface area contributed by atoms with Gasteiger partial charge in [-0.2, -0.15) is 0 Å². The lowest BCUT2D eigenvalue weighted by Gasteiger charge is -2.33. The van der Waals surface area contributed by atoms with Gasteiger partial charge < -0.3 is 14.2 Å². The second kappa shape index (κ2) is 6.11. The van der Waals surface area contributed by atoms with E-state index in [9.17, 15) is 0 Å². The van der Waals surface area contributed by atoms with Crippen LogP contribution in [0, 0.1) is 5.92 Å². The number of fused-ring (bicyclic) bond motifs is 1. The number of aromatic nitrogens is 5. The SMILES string of the molecule is Cn1cnc2c(N3CCCC(COc4nccs4)C3)ncnc21. The zero-order valence-electron chi connectivity index (χ0n) is 12.9. The summed E-state index contributed by atoms with van der Waals surface area (Å²) in [6, 6.07) is 0. The maximum absolute atomic E-state index is 5.79. The van der Waals surface area contributed by atoms with Crippen molar-refractivity contribution in [3.63, 3.8) is 0 Å². The molecule has 1 aliphatic rings. The smallest absolute Gasteiger partial charge is 0.273 e. The lowest BCUT2D eigenvalue weighted by molar-refractivity contribution is 0.228. The zero-order chi connectivity index (χ0) is 15.6. The highest BCUT2D eigenvalue weighted by Gasteiger charge is 2.24. The van der Waals surface area contributed by atoms with Crippen LogP contribution in [0.5, 0.6) is 5.19 Å². The van der Waals surface area contributed by atoms with Crippen LogP contribution >= 0.6 is 11.3 Å². The number of imidazole rings is 1. The number of aryl methyl sites for hydroxylation is 1. The Morgan fingerprint density at radius 3 is 3.13 bits per heavy atom. The molecule has 0 aliphatic carbocycles. The van der Waals surface area contributed by atoms with Crippen LogP contribution in [0.25, 0.3) is 11.2 Å². The molecule has 0 N–H and O–H groups in total. The van der Waals surface area contributed by atoms with Crippen molar-refractivity contribution in [3.8, 4) is 5.19 Å². The van der Waals surface area contributed by atoms with Gasteiger partial charge in [0.1, 0.15) is 6.33 Å². The Kier molecular flexibility index (Phi) is 3.82. The monoisotopic (exact) mass is 330 g/mol. The molecule has 1 unspecified atom stereocenters. The standard InChI is InChI=1S/C15H18N6OS/c1-20-10-19-12-13(20)17-9-18-14(12)21-5-2-3-11(7-21)8-22-15-16-4-6-23-15/h4,6,9-11H,2-3,5,7-8H2,1H3. The number of ether oxygens (including phenoxy) is 1. The minimum Gasteiger partial charge on any atom is -0.470 e. The third-order valence-electron chi connectivity index (χ3n) is 4.15. The Hall–Kier alpha value is -2.22. The molecular formula is C15H18N6OS. The summed E-state index contributed by atoms with van der Waals surface area (Å²) in [6.07, 6.45) is 7.47. The lowest BCUT2D eigenvalue weighted by atomic mass is 9.99. The van der Waals surface area contributed by atoms with E-state index in [-0.39, 0.29) is 0 Å². The Labute approximate surface area is 138 Å². The third-order valence-corrected chi connectivity index (χ3v) is 4.83. The molecule has 1 atom stereocenters. The fourth-order valence-corrected chi connectivity index (χ4v) is 3.52. The van der Waals surface area contributed by atoms with E-state index in [2.05, 4.69) is 24.8 Å². The normalized spacial score (nSPS) is 18.5. The molecule has 3 aromatic rings. The maximum Gasteiger partial charge on any atom is 0.273 e. The van der Waals surface area contributed by atoms with E-state index >= 15 is 0 Å². The third kappa shape index (κ3) is 2.86. The van der Waals surface area contributed by atoms with Crippen LogP contribution in [-0.2, 0) is 7.05 Å². The molecule has 1 fully saturated rings. The van der Waals surface area contributed by atoms with Crippen molar-refractivity contribution in [2.75, 3.05) is 24.6 Å². The highest BCUT2D eigenvalue weighted by molar-refractivity contribution is 7.11. The highest BCUT2D eigenvalue weighted by atomic mass is 32.1. The van der Waals surface area contributed by atoms with Crippen molar-refractivity contribution >= 4 is 28.3 Å². The molecule has 3 aromatic heterocycles. The number of hydrogen-bond donors (Lipinski definition) is 0. The Morgan fingerprint density at radius 1 is 1.30 bits per heavy atom. The largest absolute Gasteiger partial charge is 0.470 e. The van der Waals surface area contributed by atoms with E-state index in [1.807, 2.05) is 17.0 Å². The summed E-state index contributed by atoms with van der Waals surface area (Å²) in [7, 11) is 1.95. The molecule has 0 amide bonds. The molecule has 23 heavy (non-hydrogen) atoms. The van der Waals surface area contributed by atoms with Crippen LogP contribution in [-0.4, -0.2) is 44.2 Å². The number of rotatable bonds is 4. The van der Waals surface area contributed by atoms with Gasteiger partial charge in [0, 0.05) is 37.6 Å². The van der Waals surface area contributed by atoms with Crippen molar-refractivity contribution in [2.24, 2.45) is 13.0 Å². The van der Waals surface area contributed by atoms with Crippen LogP contribution in [0.15, 0.2) is 24.2 Å². The zero-order valence-corrected chi connectivity index (χ0v) is 13.7. The average Bonchev–Trinajstić information content (AvgIpc) is 3.23. The van der Waals surface area contributed by atoms with Crippen LogP contribution in [0.3, 0.4) is 0 Å². The Balaban J connectivity index is 1.50. The van der Waals surface area contributed by atoms with Crippen molar-refractivity contribution in [1.29, 1.82) is 0 Å². The van der Waals surface area contributed by atoms with Gasteiger partial charge in [-0.1, -0.05) is 11.3 Å². The van der Waals surface area contributed by atoms with Crippen LogP contribution in [0.2, 0.25) is 0 Å². The highest BCUT2D eigenvalue weighted by Crippen LogP contribution is 2.27. The maximum atomic E-state index is 5.79. The van der Waals surface area contributed by atoms with E-state index < -0.39 is 0 Å². The first kappa shape index (κ1) is 14.4. The first-order valence-corrected chi connectivity index (χ1v) is 8.58. The molecule has 120 valence electrons. The molecule has 1 saturated heterocycles. The lowest BCUT2D eigenvalue weighted by Crippen LogP contribution is -2.38. The van der Waals surface area contributed by atoms with Gasteiger partial charge in [0.15, 0.2) is 17.0 Å². The van der Waals surface area contributed by atoms with Gasteiger partial charge in [-0.15, -0.1) is 0 Å². The van der Waals surface area contributed by atoms with E-state index in [1.54, 1.807) is 18.9 Å². The van der Waals surface area contributed by atoms with Crippen LogP contribution in [0.4, 0.5) is 5.82 Å². The van der Waals surface area contributed by atoms with Crippen molar-refractivity contribution < 1.29 is 4.74 Å². The van der Waals surface area contributed by atoms with E-state index in [0.717, 1.165) is 48.1 Å². The fourth-order valence-electron chi connectivity index (χ4n) is 3.03. The summed E-state index contributed by atoms with van der Waals surface area (Å²) in [5.74, 6) is 1.40. The predicted molar refractivity (Wildman–Crippen MR) is 88.9 cm³/mol. The van der Waals surface area contributed by atoms with Crippen molar-refractivity contribution in [2.45, 2.75) is 12.8 Å². The summed E-state index contributed by atoms with van der Waals surface area (Å²) in [4.78, 5) is 19.7. The van der Waals surface area contributed by atoms with Gasteiger partial charge in [-0.3, -0.25) is 0 Å². The molecule has 0 bridgehead atoms. The first-order valence-electron chi connectivity index (χ1n) is 7.70. The average molecular weight is 330 g/mol. The number of hydrogen-bond acceptors (Lipinski definition) is 7. The summed E-state index contributed by atoms with van der Waals surface area (Å²) >= 11 is 1.53. The number of anilines is 1. The summed E-state index contributed by atoms with van der Waals surface area (Å²) in [5.41, 5.74) is 1.74. The van der Waals surface area contributed by atoms with Gasteiger partial charge in [-0.05, 0) is 12.8 Å². The van der Waals surface area contributed by atoms with E-state index in [0.29, 0.717) is 12.5 Å². The predicted octanol–water partition coefficient (Wildman–Crippen LogP) is 2.12. The number of piperidine rings is 1.